The monoisotopic (exact) mass is 480 g/mol. The van der Waals surface area contributed by atoms with Crippen LogP contribution in [0.15, 0.2) is 48.5 Å². The van der Waals surface area contributed by atoms with E-state index in [0.29, 0.717) is 28.4 Å². The average Bonchev–Trinajstić information content (AvgIpc) is 3.02. The topological polar surface area (TPSA) is 93.1 Å². The molecule has 0 atom stereocenters. The van der Waals surface area contributed by atoms with Crippen molar-refractivity contribution in [3.63, 3.8) is 0 Å². The fourth-order valence-electron chi connectivity index (χ4n) is 3.02. The number of aromatic nitrogens is 2. The van der Waals surface area contributed by atoms with E-state index >= 15 is 0 Å². The fourth-order valence-corrected chi connectivity index (χ4v) is 4.31. The molecule has 0 unspecified atom stereocenters. The standard InChI is InChI=1S/C21H22Cl2N4O3S/c1-14-19(20(23)27(26-14)12-17-5-3-4-6-18(17)22)21(28)25-11-15-7-9-16(10-8-15)13-31(29,30)24-2/h3-10,24H,11-13H2,1-2H3,(H,25,28). The zero-order chi connectivity index (χ0) is 22.6. The second kappa shape index (κ2) is 9.82. The molecule has 0 aliphatic heterocycles. The third-order valence-electron chi connectivity index (χ3n) is 4.71. The molecule has 0 spiro atoms. The Morgan fingerprint density at radius 1 is 1.06 bits per heavy atom. The van der Waals surface area contributed by atoms with Crippen LogP contribution in [0, 0.1) is 6.92 Å². The predicted octanol–water partition coefficient (Wildman–Crippen LogP) is 3.53. The van der Waals surface area contributed by atoms with Crippen molar-refractivity contribution in [3.8, 4) is 0 Å². The van der Waals surface area contributed by atoms with Crippen molar-refractivity contribution in [2.24, 2.45) is 0 Å². The van der Waals surface area contributed by atoms with Gasteiger partial charge in [0.25, 0.3) is 5.91 Å². The number of benzene rings is 2. The predicted molar refractivity (Wildman–Crippen MR) is 122 cm³/mol. The Morgan fingerprint density at radius 3 is 2.35 bits per heavy atom. The van der Waals surface area contributed by atoms with Crippen LogP contribution in [-0.4, -0.2) is 31.2 Å². The van der Waals surface area contributed by atoms with Crippen LogP contribution in [0.1, 0.15) is 32.7 Å². The van der Waals surface area contributed by atoms with Gasteiger partial charge in [-0.1, -0.05) is 65.7 Å². The lowest BCUT2D eigenvalue weighted by Crippen LogP contribution is -2.23. The first-order valence-corrected chi connectivity index (χ1v) is 11.8. The molecule has 164 valence electrons. The van der Waals surface area contributed by atoms with E-state index in [0.717, 1.165) is 11.1 Å². The number of carbonyl (C=O) groups is 1. The summed E-state index contributed by atoms with van der Waals surface area (Å²) in [7, 11) is -1.95. The molecule has 1 aromatic heterocycles. The van der Waals surface area contributed by atoms with Crippen molar-refractivity contribution >= 4 is 39.1 Å². The van der Waals surface area contributed by atoms with Crippen LogP contribution >= 0.6 is 23.2 Å². The maximum atomic E-state index is 12.7. The molecule has 0 saturated carbocycles. The van der Waals surface area contributed by atoms with Crippen LogP contribution in [0.4, 0.5) is 0 Å². The molecule has 0 aliphatic rings. The molecule has 1 heterocycles. The minimum atomic E-state index is -3.33. The van der Waals surface area contributed by atoms with Gasteiger partial charge in [-0.15, -0.1) is 0 Å². The van der Waals surface area contributed by atoms with Crippen molar-refractivity contribution in [1.29, 1.82) is 0 Å². The van der Waals surface area contributed by atoms with Gasteiger partial charge in [-0.2, -0.15) is 5.10 Å². The van der Waals surface area contributed by atoms with Crippen LogP contribution in [0.3, 0.4) is 0 Å². The molecule has 1 amide bonds. The first-order chi connectivity index (χ1) is 14.7. The van der Waals surface area contributed by atoms with Gasteiger partial charge >= 0.3 is 0 Å². The molecule has 2 N–H and O–H groups in total. The number of hydrogen-bond donors (Lipinski definition) is 2. The van der Waals surface area contributed by atoms with Crippen molar-refractivity contribution in [1.82, 2.24) is 19.8 Å². The molecule has 31 heavy (non-hydrogen) atoms. The minimum absolute atomic E-state index is 0.102. The first-order valence-electron chi connectivity index (χ1n) is 9.43. The van der Waals surface area contributed by atoms with Crippen molar-refractivity contribution in [3.05, 3.63) is 86.7 Å². The molecule has 3 aromatic rings. The highest BCUT2D eigenvalue weighted by atomic mass is 35.5. The summed E-state index contributed by atoms with van der Waals surface area (Å²) in [6.45, 7) is 2.34. The summed E-state index contributed by atoms with van der Waals surface area (Å²) in [5.74, 6) is -0.440. The second-order valence-electron chi connectivity index (χ2n) is 6.96. The van der Waals surface area contributed by atoms with E-state index < -0.39 is 10.0 Å². The van der Waals surface area contributed by atoms with Gasteiger partial charge in [0.1, 0.15) is 5.15 Å². The van der Waals surface area contributed by atoms with Gasteiger partial charge in [-0.3, -0.25) is 4.79 Å². The Bertz CT molecular complexity index is 1190. The van der Waals surface area contributed by atoms with E-state index in [1.54, 1.807) is 41.9 Å². The van der Waals surface area contributed by atoms with Crippen molar-refractivity contribution in [2.75, 3.05) is 7.05 Å². The lowest BCUT2D eigenvalue weighted by atomic mass is 10.1. The van der Waals surface area contributed by atoms with Crippen molar-refractivity contribution in [2.45, 2.75) is 25.8 Å². The van der Waals surface area contributed by atoms with E-state index in [-0.39, 0.29) is 23.4 Å². The number of aryl methyl sites for hydroxylation is 1. The molecule has 0 saturated heterocycles. The number of carbonyl (C=O) groups excluding carboxylic acids is 1. The zero-order valence-corrected chi connectivity index (χ0v) is 19.4. The van der Waals surface area contributed by atoms with Gasteiger partial charge in [0, 0.05) is 11.6 Å². The first kappa shape index (κ1) is 23.3. The molecule has 0 aliphatic carbocycles. The summed E-state index contributed by atoms with van der Waals surface area (Å²) in [6, 6.07) is 14.4. The van der Waals surface area contributed by atoms with E-state index in [2.05, 4.69) is 15.1 Å². The quantitative estimate of drug-likeness (QED) is 0.515. The molecule has 2 aromatic carbocycles. The Kier molecular flexibility index (Phi) is 7.38. The molecule has 0 bridgehead atoms. The number of hydrogen-bond acceptors (Lipinski definition) is 4. The molecule has 3 rings (SSSR count). The lowest BCUT2D eigenvalue weighted by molar-refractivity contribution is 0.0950. The third-order valence-corrected chi connectivity index (χ3v) is 6.80. The molecular formula is C21H22Cl2N4O3S. The lowest BCUT2D eigenvalue weighted by Gasteiger charge is -2.08. The summed E-state index contributed by atoms with van der Waals surface area (Å²) in [4.78, 5) is 12.7. The van der Waals surface area contributed by atoms with Gasteiger partial charge in [0.15, 0.2) is 0 Å². The zero-order valence-electron chi connectivity index (χ0n) is 17.0. The van der Waals surface area contributed by atoms with Crippen LogP contribution in [0.5, 0.6) is 0 Å². The molecule has 0 fully saturated rings. The highest BCUT2D eigenvalue weighted by Crippen LogP contribution is 2.23. The Labute approximate surface area is 191 Å². The van der Waals surface area contributed by atoms with E-state index in [9.17, 15) is 13.2 Å². The normalized spacial score (nSPS) is 11.5. The SMILES string of the molecule is CNS(=O)(=O)Cc1ccc(CNC(=O)c2c(C)nn(Cc3ccccc3Cl)c2Cl)cc1. The van der Waals surface area contributed by atoms with Gasteiger partial charge in [-0.25, -0.2) is 17.8 Å². The maximum Gasteiger partial charge on any atom is 0.256 e. The van der Waals surface area contributed by atoms with Gasteiger partial charge in [-0.05, 0) is 36.7 Å². The summed E-state index contributed by atoms with van der Waals surface area (Å²) in [6.07, 6.45) is 0. The number of nitrogens with zero attached hydrogens (tertiary/aromatic N) is 2. The molecule has 0 radical (unpaired) electrons. The van der Waals surface area contributed by atoms with Crippen LogP contribution in [0.2, 0.25) is 10.2 Å². The summed E-state index contributed by atoms with van der Waals surface area (Å²) in [5.41, 5.74) is 3.16. The highest BCUT2D eigenvalue weighted by molar-refractivity contribution is 7.88. The fraction of sp³-hybridized carbons (Fsp3) is 0.238. The van der Waals surface area contributed by atoms with Gasteiger partial charge < -0.3 is 5.32 Å². The Morgan fingerprint density at radius 2 is 1.71 bits per heavy atom. The average molecular weight is 481 g/mol. The van der Waals surface area contributed by atoms with Crippen LogP contribution in [0.25, 0.3) is 0 Å². The number of halogens is 2. The highest BCUT2D eigenvalue weighted by Gasteiger charge is 2.20. The van der Waals surface area contributed by atoms with Crippen LogP contribution < -0.4 is 10.0 Å². The molecular weight excluding hydrogens is 459 g/mol. The van der Waals surface area contributed by atoms with E-state index in [1.807, 2.05) is 18.2 Å². The van der Waals surface area contributed by atoms with Crippen LogP contribution in [-0.2, 0) is 28.9 Å². The molecule has 10 heteroatoms. The number of rotatable bonds is 8. The minimum Gasteiger partial charge on any atom is -0.348 e. The Hall–Kier alpha value is -2.39. The van der Waals surface area contributed by atoms with Crippen molar-refractivity contribution < 1.29 is 13.2 Å². The largest absolute Gasteiger partial charge is 0.348 e. The van der Waals surface area contributed by atoms with Gasteiger partial charge in [0.2, 0.25) is 10.0 Å². The summed E-state index contributed by atoms with van der Waals surface area (Å²) >= 11 is 12.6. The van der Waals surface area contributed by atoms with Gasteiger partial charge in [0.05, 0.1) is 23.6 Å². The summed E-state index contributed by atoms with van der Waals surface area (Å²) in [5, 5.41) is 8.05. The summed E-state index contributed by atoms with van der Waals surface area (Å²) < 4.78 is 27.1. The number of sulfonamides is 1. The van der Waals surface area contributed by atoms with E-state index in [1.165, 1.54) is 7.05 Å². The second-order valence-corrected chi connectivity index (χ2v) is 9.65. The number of nitrogens with one attached hydrogen (secondary N) is 2. The molecule has 7 nitrogen and oxygen atoms in total. The third kappa shape index (κ3) is 5.86. The smallest absolute Gasteiger partial charge is 0.256 e. The number of amides is 1. The maximum absolute atomic E-state index is 12.7. The Balaban J connectivity index is 1.67. The van der Waals surface area contributed by atoms with E-state index in [4.69, 9.17) is 23.2 Å².